The zero-order valence-corrected chi connectivity index (χ0v) is 9.49. The van der Waals surface area contributed by atoms with Crippen molar-refractivity contribution >= 4 is 11.8 Å². The summed E-state index contributed by atoms with van der Waals surface area (Å²) in [5, 5.41) is 10.4. The highest BCUT2D eigenvalue weighted by Gasteiger charge is 2.45. The van der Waals surface area contributed by atoms with Crippen LogP contribution in [0.15, 0.2) is 0 Å². The summed E-state index contributed by atoms with van der Waals surface area (Å²) in [6, 6.07) is 0. The maximum atomic E-state index is 10.4. The molecule has 0 bridgehead atoms. The van der Waals surface area contributed by atoms with Crippen LogP contribution in [0, 0.1) is 0 Å². The van der Waals surface area contributed by atoms with Crippen LogP contribution < -0.4 is 5.73 Å². The fourth-order valence-corrected chi connectivity index (χ4v) is 3.34. The zero-order valence-electron chi connectivity index (χ0n) is 8.68. The molecule has 2 nitrogen and oxygen atoms in total. The summed E-state index contributed by atoms with van der Waals surface area (Å²) < 4.78 is 0. The highest BCUT2D eigenvalue weighted by Crippen LogP contribution is 2.37. The summed E-state index contributed by atoms with van der Waals surface area (Å²) in [5.74, 6) is 1.98. The van der Waals surface area contributed by atoms with E-state index in [-0.39, 0.29) is 5.54 Å². The van der Waals surface area contributed by atoms with Gasteiger partial charge in [-0.1, -0.05) is 13.8 Å². The van der Waals surface area contributed by atoms with E-state index in [0.29, 0.717) is 0 Å². The molecule has 1 heterocycles. The van der Waals surface area contributed by atoms with Gasteiger partial charge in [-0.3, -0.25) is 0 Å². The Balaban J connectivity index is 2.74. The van der Waals surface area contributed by atoms with Gasteiger partial charge < -0.3 is 10.8 Å². The average Bonchev–Trinajstić information content (AvgIpc) is 2.17. The van der Waals surface area contributed by atoms with Gasteiger partial charge in [0.15, 0.2) is 0 Å². The fourth-order valence-electron chi connectivity index (χ4n) is 2.08. The van der Waals surface area contributed by atoms with E-state index in [2.05, 4.69) is 13.8 Å². The van der Waals surface area contributed by atoms with Crippen molar-refractivity contribution in [3.63, 3.8) is 0 Å². The van der Waals surface area contributed by atoms with Crippen LogP contribution >= 0.6 is 11.8 Å². The van der Waals surface area contributed by atoms with Gasteiger partial charge in [0.1, 0.15) is 0 Å². The molecule has 0 aliphatic carbocycles. The van der Waals surface area contributed by atoms with E-state index in [0.717, 1.165) is 31.4 Å². The van der Waals surface area contributed by atoms with Crippen molar-refractivity contribution in [2.75, 3.05) is 11.5 Å². The van der Waals surface area contributed by atoms with E-state index in [1.54, 1.807) is 0 Å². The van der Waals surface area contributed by atoms with E-state index in [1.165, 1.54) is 5.75 Å². The molecular weight excluding hydrogens is 182 g/mol. The van der Waals surface area contributed by atoms with Crippen molar-refractivity contribution in [3.05, 3.63) is 0 Å². The van der Waals surface area contributed by atoms with Gasteiger partial charge in [-0.15, -0.1) is 0 Å². The minimum absolute atomic E-state index is 0.375. The van der Waals surface area contributed by atoms with Gasteiger partial charge in [0, 0.05) is 11.3 Å². The first-order valence-electron chi connectivity index (χ1n) is 5.17. The van der Waals surface area contributed by atoms with E-state index in [1.807, 2.05) is 11.8 Å². The molecule has 0 aromatic carbocycles. The molecule has 13 heavy (non-hydrogen) atoms. The molecule has 0 radical (unpaired) electrons. The molecule has 0 aromatic heterocycles. The van der Waals surface area contributed by atoms with Crippen LogP contribution in [0.1, 0.15) is 39.5 Å². The second kappa shape index (κ2) is 4.20. The van der Waals surface area contributed by atoms with Crippen molar-refractivity contribution < 1.29 is 5.11 Å². The minimum Gasteiger partial charge on any atom is -0.387 e. The molecule has 0 aromatic rings. The van der Waals surface area contributed by atoms with Crippen LogP contribution in [0.25, 0.3) is 0 Å². The smallest absolute Gasteiger partial charge is 0.0916 e. The van der Waals surface area contributed by atoms with Crippen LogP contribution in [0.5, 0.6) is 0 Å². The van der Waals surface area contributed by atoms with Crippen molar-refractivity contribution in [2.24, 2.45) is 5.73 Å². The molecule has 78 valence electrons. The SMILES string of the molecule is CCC(N)(CC)C1(O)CCCSC1. The maximum Gasteiger partial charge on any atom is 0.0916 e. The predicted molar refractivity (Wildman–Crippen MR) is 59.0 cm³/mol. The molecule has 1 atom stereocenters. The second-order valence-corrected chi connectivity index (χ2v) is 5.16. The van der Waals surface area contributed by atoms with Gasteiger partial charge in [0.25, 0.3) is 0 Å². The molecule has 0 spiro atoms. The monoisotopic (exact) mass is 203 g/mol. The van der Waals surface area contributed by atoms with E-state index in [4.69, 9.17) is 5.73 Å². The maximum absolute atomic E-state index is 10.4. The van der Waals surface area contributed by atoms with Gasteiger partial charge in [-0.05, 0) is 31.4 Å². The van der Waals surface area contributed by atoms with Crippen molar-refractivity contribution in [1.29, 1.82) is 0 Å². The van der Waals surface area contributed by atoms with Gasteiger partial charge in [-0.2, -0.15) is 11.8 Å². The lowest BCUT2D eigenvalue weighted by Gasteiger charge is -2.46. The van der Waals surface area contributed by atoms with Crippen LogP contribution in [0.2, 0.25) is 0 Å². The zero-order chi connectivity index (χ0) is 9.95. The quantitative estimate of drug-likeness (QED) is 0.735. The summed E-state index contributed by atoms with van der Waals surface area (Å²) in [6.45, 7) is 4.14. The molecule has 1 aliphatic heterocycles. The number of thioether (sulfide) groups is 1. The fraction of sp³-hybridized carbons (Fsp3) is 1.00. The lowest BCUT2D eigenvalue weighted by Crippen LogP contribution is -2.62. The molecule has 3 N–H and O–H groups in total. The summed E-state index contributed by atoms with van der Waals surface area (Å²) in [5.41, 5.74) is 5.24. The minimum atomic E-state index is -0.626. The van der Waals surface area contributed by atoms with Crippen LogP contribution in [0.4, 0.5) is 0 Å². The largest absolute Gasteiger partial charge is 0.387 e. The number of hydrogen-bond donors (Lipinski definition) is 2. The summed E-state index contributed by atoms with van der Waals surface area (Å²) in [6.07, 6.45) is 3.69. The highest BCUT2D eigenvalue weighted by atomic mass is 32.2. The molecule has 1 unspecified atom stereocenters. The molecular formula is C10H21NOS. The lowest BCUT2D eigenvalue weighted by atomic mass is 9.75. The van der Waals surface area contributed by atoms with E-state index < -0.39 is 5.60 Å². The van der Waals surface area contributed by atoms with Gasteiger partial charge in [0.2, 0.25) is 0 Å². The Bertz CT molecular complexity index is 162. The van der Waals surface area contributed by atoms with Gasteiger partial charge in [-0.25, -0.2) is 0 Å². The first kappa shape index (κ1) is 11.3. The first-order chi connectivity index (χ1) is 6.08. The van der Waals surface area contributed by atoms with Crippen molar-refractivity contribution in [2.45, 2.75) is 50.7 Å². The van der Waals surface area contributed by atoms with Gasteiger partial charge >= 0.3 is 0 Å². The van der Waals surface area contributed by atoms with Crippen LogP contribution in [-0.2, 0) is 0 Å². The molecule has 1 fully saturated rings. The highest BCUT2D eigenvalue weighted by molar-refractivity contribution is 7.99. The predicted octanol–water partition coefficient (Wildman–Crippen LogP) is 1.76. The van der Waals surface area contributed by atoms with Crippen molar-refractivity contribution in [3.8, 4) is 0 Å². The third kappa shape index (κ3) is 2.03. The number of hydrogen-bond acceptors (Lipinski definition) is 3. The van der Waals surface area contributed by atoms with E-state index in [9.17, 15) is 5.11 Å². The first-order valence-corrected chi connectivity index (χ1v) is 6.32. The van der Waals surface area contributed by atoms with E-state index >= 15 is 0 Å². The van der Waals surface area contributed by atoms with Crippen LogP contribution in [-0.4, -0.2) is 27.8 Å². The summed E-state index contributed by atoms with van der Waals surface area (Å²) in [7, 11) is 0. The normalized spacial score (nSPS) is 30.5. The molecule has 0 saturated carbocycles. The Kier molecular flexibility index (Phi) is 3.66. The van der Waals surface area contributed by atoms with Gasteiger partial charge in [0.05, 0.1) is 5.60 Å². The summed E-state index contributed by atoms with van der Waals surface area (Å²) in [4.78, 5) is 0. The standard InChI is InChI=1S/C10H21NOS/c1-3-9(11,4-2)10(12)6-5-7-13-8-10/h12H,3-8,11H2,1-2H3. The number of aliphatic hydroxyl groups is 1. The van der Waals surface area contributed by atoms with Crippen LogP contribution in [0.3, 0.4) is 0 Å². The third-order valence-electron chi connectivity index (χ3n) is 3.41. The number of rotatable bonds is 3. The molecule has 0 amide bonds. The Morgan fingerprint density at radius 2 is 2.08 bits per heavy atom. The Labute approximate surface area is 85.3 Å². The molecule has 1 saturated heterocycles. The lowest BCUT2D eigenvalue weighted by molar-refractivity contribution is -0.0288. The van der Waals surface area contributed by atoms with Crippen molar-refractivity contribution in [1.82, 2.24) is 0 Å². The third-order valence-corrected chi connectivity index (χ3v) is 4.67. The Morgan fingerprint density at radius 3 is 2.46 bits per heavy atom. The Morgan fingerprint density at radius 1 is 1.46 bits per heavy atom. The summed E-state index contributed by atoms with van der Waals surface area (Å²) >= 11 is 1.83. The molecule has 1 rings (SSSR count). The Hall–Kier alpha value is 0.270. The second-order valence-electron chi connectivity index (χ2n) is 4.05. The number of nitrogens with two attached hydrogens (primary N) is 1. The molecule has 3 heteroatoms. The molecule has 1 aliphatic rings. The topological polar surface area (TPSA) is 46.2 Å². The average molecular weight is 203 g/mol.